The second kappa shape index (κ2) is 6.90. The zero-order valence-electron chi connectivity index (χ0n) is 11.2. The summed E-state index contributed by atoms with van der Waals surface area (Å²) in [7, 11) is -3.87. The normalized spacial score (nSPS) is 12.9. The molecule has 0 aliphatic rings. The summed E-state index contributed by atoms with van der Waals surface area (Å²) in [6, 6.07) is 4.01. The van der Waals surface area contributed by atoms with Crippen molar-refractivity contribution in [3.05, 3.63) is 28.3 Å². The molecular weight excluding hydrogens is 306 g/mol. The van der Waals surface area contributed by atoms with Crippen molar-refractivity contribution in [2.24, 2.45) is 0 Å². The van der Waals surface area contributed by atoms with Crippen LogP contribution < -0.4 is 4.74 Å². The maximum absolute atomic E-state index is 12.3. The van der Waals surface area contributed by atoms with E-state index in [1.54, 1.807) is 0 Å². The van der Waals surface area contributed by atoms with Gasteiger partial charge in [0.05, 0.1) is 16.8 Å². The third-order valence-corrected chi connectivity index (χ3v) is 5.47. The minimum absolute atomic E-state index is 0.0419. The molecule has 0 aromatic heterocycles. The van der Waals surface area contributed by atoms with Gasteiger partial charge in [0.25, 0.3) is 0 Å². The van der Waals surface area contributed by atoms with Gasteiger partial charge in [-0.1, -0.05) is 13.0 Å². The Morgan fingerprint density at radius 2 is 2.10 bits per heavy atom. The van der Waals surface area contributed by atoms with Crippen LogP contribution in [0.4, 0.5) is 5.69 Å². The molecule has 1 aromatic carbocycles. The molecule has 1 rings (SSSR count). The summed E-state index contributed by atoms with van der Waals surface area (Å²) >= 11 is 5.56. The van der Waals surface area contributed by atoms with Gasteiger partial charge in [0.2, 0.25) is 0 Å². The second-order valence-corrected chi connectivity index (χ2v) is 6.86. The van der Waals surface area contributed by atoms with E-state index < -0.39 is 25.7 Å². The zero-order valence-corrected chi connectivity index (χ0v) is 12.8. The van der Waals surface area contributed by atoms with E-state index in [0.29, 0.717) is 6.42 Å². The minimum atomic E-state index is -3.87. The SMILES string of the molecule is CCCOc1cccc(S(=O)(=O)C(C)CCl)c1[N+](=O)[O-]. The van der Waals surface area contributed by atoms with Crippen molar-refractivity contribution in [3.8, 4) is 5.75 Å². The number of ether oxygens (including phenoxy) is 1. The highest BCUT2D eigenvalue weighted by Gasteiger charge is 2.33. The van der Waals surface area contributed by atoms with Crippen LogP contribution in [0.3, 0.4) is 0 Å². The predicted molar refractivity (Wildman–Crippen MR) is 76.3 cm³/mol. The molecule has 0 bridgehead atoms. The van der Waals surface area contributed by atoms with Gasteiger partial charge in [-0.15, -0.1) is 11.6 Å². The number of alkyl halides is 1. The fraction of sp³-hybridized carbons (Fsp3) is 0.500. The Labute approximate surface area is 122 Å². The van der Waals surface area contributed by atoms with Gasteiger partial charge in [0.15, 0.2) is 15.6 Å². The highest BCUT2D eigenvalue weighted by atomic mass is 35.5. The van der Waals surface area contributed by atoms with E-state index in [1.165, 1.54) is 25.1 Å². The van der Waals surface area contributed by atoms with Crippen molar-refractivity contribution in [1.29, 1.82) is 0 Å². The molecule has 0 spiro atoms. The van der Waals surface area contributed by atoms with Crippen LogP contribution in [0.25, 0.3) is 0 Å². The van der Waals surface area contributed by atoms with Crippen molar-refractivity contribution in [3.63, 3.8) is 0 Å². The number of halogens is 1. The summed E-state index contributed by atoms with van der Waals surface area (Å²) in [6.45, 7) is 3.53. The average Bonchev–Trinajstić information content (AvgIpc) is 2.43. The van der Waals surface area contributed by atoms with Crippen LogP contribution in [0.2, 0.25) is 0 Å². The summed E-state index contributed by atoms with van der Waals surface area (Å²) in [6.07, 6.45) is 0.659. The lowest BCUT2D eigenvalue weighted by molar-refractivity contribution is -0.388. The zero-order chi connectivity index (χ0) is 15.3. The third-order valence-electron chi connectivity index (χ3n) is 2.66. The summed E-state index contributed by atoms with van der Waals surface area (Å²) in [5, 5.41) is 10.3. The molecular formula is C12H16ClNO5S. The lowest BCUT2D eigenvalue weighted by Gasteiger charge is -2.12. The first-order valence-electron chi connectivity index (χ1n) is 6.06. The van der Waals surface area contributed by atoms with Crippen molar-refractivity contribution in [2.45, 2.75) is 30.4 Å². The molecule has 0 radical (unpaired) electrons. The van der Waals surface area contributed by atoms with E-state index in [-0.39, 0.29) is 23.1 Å². The van der Waals surface area contributed by atoms with Crippen LogP contribution in [0, 0.1) is 10.1 Å². The van der Waals surface area contributed by atoms with Crippen LogP contribution in [0.15, 0.2) is 23.1 Å². The highest BCUT2D eigenvalue weighted by molar-refractivity contribution is 7.92. The van der Waals surface area contributed by atoms with Gasteiger partial charge in [-0.2, -0.15) is 0 Å². The van der Waals surface area contributed by atoms with E-state index in [2.05, 4.69) is 0 Å². The Morgan fingerprint density at radius 3 is 2.60 bits per heavy atom. The molecule has 1 unspecified atom stereocenters. The number of hydrogen-bond acceptors (Lipinski definition) is 5. The van der Waals surface area contributed by atoms with Gasteiger partial charge < -0.3 is 4.74 Å². The molecule has 6 nitrogen and oxygen atoms in total. The van der Waals surface area contributed by atoms with Crippen molar-refractivity contribution >= 4 is 27.1 Å². The van der Waals surface area contributed by atoms with E-state index in [0.717, 1.165) is 0 Å². The molecule has 20 heavy (non-hydrogen) atoms. The molecule has 0 fully saturated rings. The monoisotopic (exact) mass is 321 g/mol. The third kappa shape index (κ3) is 3.40. The van der Waals surface area contributed by atoms with Crippen LogP contribution in [-0.4, -0.2) is 31.1 Å². The number of nitro benzene ring substituents is 1. The lowest BCUT2D eigenvalue weighted by Crippen LogP contribution is -2.20. The van der Waals surface area contributed by atoms with Crippen molar-refractivity contribution < 1.29 is 18.1 Å². The number of nitrogens with zero attached hydrogens (tertiary/aromatic N) is 1. The lowest BCUT2D eigenvalue weighted by atomic mass is 10.3. The Hall–Kier alpha value is -1.34. The van der Waals surface area contributed by atoms with Gasteiger partial charge in [-0.3, -0.25) is 10.1 Å². The Morgan fingerprint density at radius 1 is 1.45 bits per heavy atom. The number of nitro groups is 1. The molecule has 0 N–H and O–H groups in total. The summed E-state index contributed by atoms with van der Waals surface area (Å²) in [5.41, 5.74) is -0.530. The smallest absolute Gasteiger partial charge is 0.329 e. The number of benzene rings is 1. The number of hydrogen-bond donors (Lipinski definition) is 0. The molecule has 1 atom stereocenters. The molecule has 0 aliphatic carbocycles. The number of para-hydroxylation sites is 1. The predicted octanol–water partition coefficient (Wildman–Crippen LogP) is 2.78. The van der Waals surface area contributed by atoms with Gasteiger partial charge in [0.1, 0.15) is 4.90 Å². The highest BCUT2D eigenvalue weighted by Crippen LogP contribution is 2.35. The van der Waals surface area contributed by atoms with Crippen LogP contribution in [0.5, 0.6) is 5.75 Å². The largest absolute Gasteiger partial charge is 0.487 e. The molecule has 8 heteroatoms. The van der Waals surface area contributed by atoms with E-state index in [1.807, 2.05) is 6.92 Å². The maximum atomic E-state index is 12.3. The van der Waals surface area contributed by atoms with Gasteiger partial charge in [-0.05, 0) is 25.5 Å². The first-order valence-corrected chi connectivity index (χ1v) is 8.14. The minimum Gasteiger partial charge on any atom is -0.487 e. The molecule has 0 amide bonds. The Kier molecular flexibility index (Phi) is 5.76. The number of sulfone groups is 1. The average molecular weight is 322 g/mol. The van der Waals surface area contributed by atoms with Crippen LogP contribution >= 0.6 is 11.6 Å². The second-order valence-electron chi connectivity index (χ2n) is 4.22. The fourth-order valence-corrected chi connectivity index (χ4v) is 3.35. The van der Waals surface area contributed by atoms with Crippen molar-refractivity contribution in [2.75, 3.05) is 12.5 Å². The van der Waals surface area contributed by atoms with Crippen molar-refractivity contribution in [1.82, 2.24) is 0 Å². The standard InChI is InChI=1S/C12H16ClNO5S/c1-3-7-19-10-5-4-6-11(12(10)14(15)16)20(17,18)9(2)8-13/h4-6,9H,3,7-8H2,1-2H3. The molecule has 0 saturated heterocycles. The van der Waals surface area contributed by atoms with E-state index in [4.69, 9.17) is 16.3 Å². The molecule has 0 heterocycles. The molecule has 112 valence electrons. The maximum Gasteiger partial charge on any atom is 0.329 e. The first kappa shape index (κ1) is 16.7. The topological polar surface area (TPSA) is 86.5 Å². The Balaban J connectivity index is 3.44. The van der Waals surface area contributed by atoms with Gasteiger partial charge in [0, 0.05) is 5.88 Å². The van der Waals surface area contributed by atoms with Crippen LogP contribution in [-0.2, 0) is 9.84 Å². The molecule has 0 aliphatic heterocycles. The quantitative estimate of drug-likeness (QED) is 0.438. The summed E-state index contributed by atoms with van der Waals surface area (Å²) in [5.74, 6) is -0.181. The van der Waals surface area contributed by atoms with E-state index >= 15 is 0 Å². The fourth-order valence-electron chi connectivity index (χ4n) is 1.54. The van der Waals surface area contributed by atoms with Gasteiger partial charge in [-0.25, -0.2) is 8.42 Å². The Bertz CT molecular complexity index is 588. The van der Waals surface area contributed by atoms with Gasteiger partial charge >= 0.3 is 5.69 Å². The molecule has 1 aromatic rings. The summed E-state index contributed by atoms with van der Waals surface area (Å²) < 4.78 is 29.8. The van der Waals surface area contributed by atoms with Crippen LogP contribution in [0.1, 0.15) is 20.3 Å². The summed E-state index contributed by atoms with van der Waals surface area (Å²) in [4.78, 5) is 10.1. The first-order chi connectivity index (χ1) is 9.36. The number of rotatable bonds is 7. The van der Waals surface area contributed by atoms with E-state index in [9.17, 15) is 18.5 Å². The molecule has 0 saturated carbocycles.